The van der Waals surface area contributed by atoms with Gasteiger partial charge in [-0.05, 0) is 25.8 Å². The van der Waals surface area contributed by atoms with Gasteiger partial charge in [0, 0.05) is 18.3 Å². The highest BCUT2D eigenvalue weighted by Crippen LogP contribution is 2.30. The molecule has 1 aromatic rings. The first-order valence-electron chi connectivity index (χ1n) is 5.58. The minimum Gasteiger partial charge on any atom is -0.308 e. The summed E-state index contributed by atoms with van der Waals surface area (Å²) in [5, 5.41) is 8.03. The van der Waals surface area contributed by atoms with Gasteiger partial charge in [-0.25, -0.2) is 0 Å². The molecule has 0 radical (unpaired) electrons. The maximum absolute atomic E-state index is 8.03. The zero-order valence-electron chi connectivity index (χ0n) is 9.40. The number of rotatable bonds is 2. The fourth-order valence-corrected chi connectivity index (χ4v) is 2.30. The number of likely N-dealkylation sites (tertiary alicyclic amines) is 1. The standard InChI is InChI=1S/C13H18N2/c1-10(2)15-9-8-12(14)13(15)11-6-4-3-5-7-11/h3-7,10,13-14H,8-9H2,1-2H3. The Morgan fingerprint density at radius 2 is 1.93 bits per heavy atom. The lowest BCUT2D eigenvalue weighted by Crippen LogP contribution is -2.31. The van der Waals surface area contributed by atoms with Crippen LogP contribution in [0.2, 0.25) is 0 Å². The van der Waals surface area contributed by atoms with Crippen LogP contribution in [0.3, 0.4) is 0 Å². The van der Waals surface area contributed by atoms with E-state index >= 15 is 0 Å². The average Bonchev–Trinajstić information content (AvgIpc) is 2.61. The lowest BCUT2D eigenvalue weighted by atomic mass is 10.0. The lowest BCUT2D eigenvalue weighted by molar-refractivity contribution is 0.225. The van der Waals surface area contributed by atoms with E-state index < -0.39 is 0 Å². The molecule has 1 aliphatic heterocycles. The topological polar surface area (TPSA) is 27.1 Å². The summed E-state index contributed by atoms with van der Waals surface area (Å²) in [7, 11) is 0. The second-order valence-corrected chi connectivity index (χ2v) is 4.42. The van der Waals surface area contributed by atoms with Crippen molar-refractivity contribution >= 4 is 5.71 Å². The zero-order chi connectivity index (χ0) is 10.8. The summed E-state index contributed by atoms with van der Waals surface area (Å²) in [4.78, 5) is 2.40. The number of hydrogen-bond donors (Lipinski definition) is 1. The minimum atomic E-state index is 0.214. The molecule has 80 valence electrons. The SMILES string of the molecule is CC(C)N1CCC(=N)C1c1ccccc1. The smallest absolute Gasteiger partial charge is 0.0732 e. The third-order valence-corrected chi connectivity index (χ3v) is 3.08. The molecule has 0 amide bonds. The van der Waals surface area contributed by atoms with Crippen LogP contribution < -0.4 is 0 Å². The second-order valence-electron chi connectivity index (χ2n) is 4.42. The molecule has 1 fully saturated rings. The average molecular weight is 202 g/mol. The molecule has 1 saturated heterocycles. The van der Waals surface area contributed by atoms with Gasteiger partial charge < -0.3 is 5.41 Å². The highest BCUT2D eigenvalue weighted by molar-refractivity contribution is 5.89. The molecular formula is C13H18N2. The molecular weight excluding hydrogens is 184 g/mol. The van der Waals surface area contributed by atoms with Crippen LogP contribution in [0.5, 0.6) is 0 Å². The molecule has 2 rings (SSSR count). The Morgan fingerprint density at radius 3 is 2.53 bits per heavy atom. The third kappa shape index (κ3) is 1.95. The van der Waals surface area contributed by atoms with Gasteiger partial charge in [0.15, 0.2) is 0 Å². The molecule has 0 saturated carbocycles. The van der Waals surface area contributed by atoms with Crippen molar-refractivity contribution in [2.24, 2.45) is 0 Å². The normalized spacial score (nSPS) is 22.6. The van der Waals surface area contributed by atoms with Gasteiger partial charge in [0.1, 0.15) is 0 Å². The van der Waals surface area contributed by atoms with E-state index in [1.54, 1.807) is 0 Å². The largest absolute Gasteiger partial charge is 0.308 e. The minimum absolute atomic E-state index is 0.214. The van der Waals surface area contributed by atoms with Crippen LogP contribution in [0.25, 0.3) is 0 Å². The molecule has 1 heterocycles. The summed E-state index contributed by atoms with van der Waals surface area (Å²) >= 11 is 0. The Bertz CT molecular complexity index is 343. The van der Waals surface area contributed by atoms with Crippen LogP contribution in [0.4, 0.5) is 0 Å². The second kappa shape index (κ2) is 4.15. The summed E-state index contributed by atoms with van der Waals surface area (Å²) in [6.45, 7) is 5.43. The molecule has 1 N–H and O–H groups in total. The third-order valence-electron chi connectivity index (χ3n) is 3.08. The van der Waals surface area contributed by atoms with E-state index in [0.29, 0.717) is 6.04 Å². The highest BCUT2D eigenvalue weighted by Gasteiger charge is 2.31. The number of benzene rings is 1. The summed E-state index contributed by atoms with van der Waals surface area (Å²) in [6.07, 6.45) is 0.914. The molecule has 2 heteroatoms. The van der Waals surface area contributed by atoms with Crippen molar-refractivity contribution in [2.45, 2.75) is 32.4 Å². The first-order chi connectivity index (χ1) is 7.20. The zero-order valence-corrected chi connectivity index (χ0v) is 9.40. The molecule has 0 aromatic heterocycles. The van der Waals surface area contributed by atoms with Crippen LogP contribution in [-0.4, -0.2) is 23.2 Å². The molecule has 1 atom stereocenters. The van der Waals surface area contributed by atoms with E-state index in [1.165, 1.54) is 5.56 Å². The van der Waals surface area contributed by atoms with Crippen LogP contribution in [0.1, 0.15) is 31.9 Å². The predicted molar refractivity (Wildman–Crippen MR) is 63.4 cm³/mol. The first kappa shape index (κ1) is 10.4. The van der Waals surface area contributed by atoms with Crippen LogP contribution in [0, 0.1) is 5.41 Å². The number of nitrogens with one attached hydrogen (secondary N) is 1. The Kier molecular flexibility index (Phi) is 2.87. The van der Waals surface area contributed by atoms with Crippen molar-refractivity contribution in [1.29, 1.82) is 5.41 Å². The van der Waals surface area contributed by atoms with Gasteiger partial charge in [-0.2, -0.15) is 0 Å². The van der Waals surface area contributed by atoms with Crippen molar-refractivity contribution < 1.29 is 0 Å². The van der Waals surface area contributed by atoms with Gasteiger partial charge >= 0.3 is 0 Å². The maximum Gasteiger partial charge on any atom is 0.0732 e. The van der Waals surface area contributed by atoms with Gasteiger partial charge in [0.25, 0.3) is 0 Å². The first-order valence-corrected chi connectivity index (χ1v) is 5.58. The summed E-state index contributed by atoms with van der Waals surface area (Å²) in [5.74, 6) is 0. The van der Waals surface area contributed by atoms with Crippen molar-refractivity contribution in [3.8, 4) is 0 Å². The van der Waals surface area contributed by atoms with E-state index in [1.807, 2.05) is 6.07 Å². The molecule has 2 nitrogen and oxygen atoms in total. The van der Waals surface area contributed by atoms with Gasteiger partial charge in [-0.1, -0.05) is 30.3 Å². The fourth-order valence-electron chi connectivity index (χ4n) is 2.30. The van der Waals surface area contributed by atoms with Crippen molar-refractivity contribution in [1.82, 2.24) is 4.90 Å². The Labute approximate surface area is 91.4 Å². The van der Waals surface area contributed by atoms with E-state index in [4.69, 9.17) is 5.41 Å². The molecule has 1 aromatic carbocycles. The van der Waals surface area contributed by atoms with Crippen molar-refractivity contribution in [3.63, 3.8) is 0 Å². The Morgan fingerprint density at radius 1 is 1.27 bits per heavy atom. The summed E-state index contributed by atoms with van der Waals surface area (Å²) < 4.78 is 0. The number of hydrogen-bond acceptors (Lipinski definition) is 2. The molecule has 1 unspecified atom stereocenters. The van der Waals surface area contributed by atoms with Crippen molar-refractivity contribution in [3.05, 3.63) is 35.9 Å². The summed E-state index contributed by atoms with van der Waals surface area (Å²) in [6, 6.07) is 11.1. The summed E-state index contributed by atoms with van der Waals surface area (Å²) in [5.41, 5.74) is 2.11. The highest BCUT2D eigenvalue weighted by atomic mass is 15.2. The predicted octanol–water partition coefficient (Wildman–Crippen LogP) is 2.86. The van der Waals surface area contributed by atoms with Crippen LogP contribution in [0.15, 0.2) is 30.3 Å². The fraction of sp³-hybridized carbons (Fsp3) is 0.462. The van der Waals surface area contributed by atoms with E-state index in [-0.39, 0.29) is 6.04 Å². The quantitative estimate of drug-likeness (QED) is 0.784. The van der Waals surface area contributed by atoms with Crippen LogP contribution in [-0.2, 0) is 0 Å². The molecule has 0 bridgehead atoms. The van der Waals surface area contributed by atoms with Gasteiger partial charge in [0.2, 0.25) is 0 Å². The Hall–Kier alpha value is -1.15. The van der Waals surface area contributed by atoms with Crippen LogP contribution >= 0.6 is 0 Å². The molecule has 0 aliphatic carbocycles. The molecule has 0 spiro atoms. The van der Waals surface area contributed by atoms with E-state index in [0.717, 1.165) is 18.7 Å². The van der Waals surface area contributed by atoms with Crippen molar-refractivity contribution in [2.75, 3.05) is 6.54 Å². The maximum atomic E-state index is 8.03. The van der Waals surface area contributed by atoms with E-state index in [9.17, 15) is 0 Å². The van der Waals surface area contributed by atoms with Gasteiger partial charge in [0.05, 0.1) is 6.04 Å². The van der Waals surface area contributed by atoms with Gasteiger partial charge in [-0.15, -0.1) is 0 Å². The Balaban J connectivity index is 2.29. The number of nitrogens with zero attached hydrogens (tertiary/aromatic N) is 1. The lowest BCUT2D eigenvalue weighted by Gasteiger charge is -2.28. The molecule has 1 aliphatic rings. The molecule has 15 heavy (non-hydrogen) atoms. The van der Waals surface area contributed by atoms with E-state index in [2.05, 4.69) is 43.0 Å². The van der Waals surface area contributed by atoms with Gasteiger partial charge in [-0.3, -0.25) is 4.90 Å². The monoisotopic (exact) mass is 202 g/mol.